The van der Waals surface area contributed by atoms with Gasteiger partial charge in [0.2, 0.25) is 0 Å². The second-order valence-electron chi connectivity index (χ2n) is 5.75. The van der Waals surface area contributed by atoms with Crippen molar-refractivity contribution in [3.05, 3.63) is 0 Å². The molecule has 4 rings (SSSR count). The Balaban J connectivity index is 1.94. The Bertz CT molecular complexity index is 221. The molecule has 0 saturated heterocycles. The van der Waals surface area contributed by atoms with Gasteiger partial charge >= 0.3 is 0 Å². The smallest absolute Gasteiger partial charge is 0.0617 e. The quantitative estimate of drug-likeness (QED) is 0.500. The van der Waals surface area contributed by atoms with Crippen LogP contribution in [0.3, 0.4) is 0 Å². The minimum atomic E-state index is 0.161. The Morgan fingerprint density at radius 3 is 1.86 bits per heavy atom. The van der Waals surface area contributed by atoms with E-state index in [1.807, 2.05) is 0 Å². The van der Waals surface area contributed by atoms with Crippen LogP contribution < -0.4 is 0 Å². The molecular weight excluding hydrogens is 306 g/mol. The first kappa shape index (κ1) is 10.2. The molecular formula is C12H18ClI. The number of hydrogen-bond acceptors (Lipinski definition) is 0. The molecule has 1 atom stereocenters. The average Bonchev–Trinajstić information content (AvgIpc) is 2.12. The zero-order valence-electron chi connectivity index (χ0n) is 8.68. The van der Waals surface area contributed by atoms with Crippen molar-refractivity contribution in [1.29, 1.82) is 0 Å². The summed E-state index contributed by atoms with van der Waals surface area (Å²) in [7, 11) is 0. The summed E-state index contributed by atoms with van der Waals surface area (Å²) in [5, 5.41) is 0. The van der Waals surface area contributed by atoms with Gasteiger partial charge in [-0.1, -0.05) is 29.5 Å². The predicted molar refractivity (Wildman–Crippen MR) is 69.1 cm³/mol. The Hall–Kier alpha value is 1.02. The Morgan fingerprint density at radius 1 is 1.07 bits per heavy atom. The monoisotopic (exact) mass is 324 g/mol. The summed E-state index contributed by atoms with van der Waals surface area (Å²) in [6.45, 7) is 2.32. The molecule has 4 aliphatic rings. The summed E-state index contributed by atoms with van der Waals surface area (Å²) in [6.07, 6.45) is 7.26. The molecule has 4 bridgehead atoms. The van der Waals surface area contributed by atoms with Crippen molar-refractivity contribution in [2.45, 2.75) is 47.8 Å². The molecule has 2 heteroatoms. The molecule has 0 N–H and O–H groups in total. The molecule has 0 spiro atoms. The van der Waals surface area contributed by atoms with Gasteiger partial charge in [-0.3, -0.25) is 0 Å². The van der Waals surface area contributed by atoms with Crippen LogP contribution in [0, 0.1) is 23.7 Å². The van der Waals surface area contributed by atoms with E-state index in [-0.39, 0.29) is 4.87 Å². The van der Waals surface area contributed by atoms with Crippen LogP contribution in [0.5, 0.6) is 0 Å². The highest BCUT2D eigenvalue weighted by atomic mass is 127. The lowest BCUT2D eigenvalue weighted by molar-refractivity contribution is -0.0177. The molecule has 80 valence electrons. The fraction of sp³-hybridized carbons (Fsp3) is 1.00. The second kappa shape index (κ2) is 3.26. The molecule has 0 aromatic heterocycles. The summed E-state index contributed by atoms with van der Waals surface area (Å²) in [6, 6.07) is 0. The van der Waals surface area contributed by atoms with Crippen molar-refractivity contribution >= 4 is 34.2 Å². The zero-order valence-corrected chi connectivity index (χ0v) is 11.6. The fourth-order valence-electron chi connectivity index (χ4n) is 4.56. The lowest BCUT2D eigenvalue weighted by atomic mass is 9.51. The van der Waals surface area contributed by atoms with Gasteiger partial charge in [0.15, 0.2) is 0 Å². The van der Waals surface area contributed by atoms with Gasteiger partial charge in [0.1, 0.15) is 0 Å². The molecule has 0 radical (unpaired) electrons. The van der Waals surface area contributed by atoms with E-state index in [2.05, 4.69) is 29.5 Å². The van der Waals surface area contributed by atoms with E-state index in [1.54, 1.807) is 0 Å². The van der Waals surface area contributed by atoms with Gasteiger partial charge in [-0.25, -0.2) is 0 Å². The number of rotatable bonds is 1. The van der Waals surface area contributed by atoms with E-state index in [1.165, 1.54) is 32.1 Å². The largest absolute Gasteiger partial charge is 0.118 e. The van der Waals surface area contributed by atoms with Gasteiger partial charge in [0, 0.05) is 3.92 Å². The van der Waals surface area contributed by atoms with Crippen LogP contribution in [0.25, 0.3) is 0 Å². The molecule has 0 aliphatic heterocycles. The van der Waals surface area contributed by atoms with Gasteiger partial charge in [-0.2, -0.15) is 0 Å². The first-order valence-electron chi connectivity index (χ1n) is 5.93. The summed E-state index contributed by atoms with van der Waals surface area (Å²) < 4.78 is 0.636. The lowest BCUT2D eigenvalue weighted by Gasteiger charge is -2.60. The highest BCUT2D eigenvalue weighted by molar-refractivity contribution is 14.1. The van der Waals surface area contributed by atoms with Crippen LogP contribution in [0.1, 0.15) is 39.0 Å². The third kappa shape index (κ3) is 1.24. The maximum absolute atomic E-state index is 6.96. The molecule has 0 nitrogen and oxygen atoms in total. The van der Waals surface area contributed by atoms with Crippen molar-refractivity contribution in [1.82, 2.24) is 0 Å². The lowest BCUT2D eigenvalue weighted by Crippen LogP contribution is -2.57. The van der Waals surface area contributed by atoms with Crippen molar-refractivity contribution < 1.29 is 0 Å². The van der Waals surface area contributed by atoms with E-state index >= 15 is 0 Å². The summed E-state index contributed by atoms with van der Waals surface area (Å²) >= 11 is 9.51. The summed E-state index contributed by atoms with van der Waals surface area (Å²) in [5.74, 6) is 3.76. The molecule has 4 aliphatic carbocycles. The number of hydrogen-bond donors (Lipinski definition) is 0. The summed E-state index contributed by atoms with van der Waals surface area (Å²) in [4.78, 5) is 0.161. The van der Waals surface area contributed by atoms with Crippen LogP contribution in [0.2, 0.25) is 0 Å². The Kier molecular flexibility index (Phi) is 2.37. The molecule has 1 unspecified atom stereocenters. The molecule has 0 aromatic rings. The van der Waals surface area contributed by atoms with Crippen molar-refractivity contribution in [2.75, 3.05) is 0 Å². The van der Waals surface area contributed by atoms with E-state index < -0.39 is 0 Å². The third-order valence-corrected chi connectivity index (χ3v) is 7.34. The van der Waals surface area contributed by atoms with Crippen LogP contribution in [0.4, 0.5) is 0 Å². The molecule has 0 heterocycles. The highest BCUT2D eigenvalue weighted by Gasteiger charge is 2.57. The maximum Gasteiger partial charge on any atom is 0.0617 e. The molecule has 0 aromatic carbocycles. The van der Waals surface area contributed by atoms with Gasteiger partial charge in [0.25, 0.3) is 0 Å². The average molecular weight is 325 g/mol. The van der Waals surface area contributed by atoms with Crippen LogP contribution in [-0.4, -0.2) is 8.80 Å². The van der Waals surface area contributed by atoms with E-state index in [9.17, 15) is 0 Å². The van der Waals surface area contributed by atoms with E-state index in [0.717, 1.165) is 23.7 Å². The first-order chi connectivity index (χ1) is 6.60. The molecule has 4 fully saturated rings. The predicted octanol–water partition coefficient (Wildman–Crippen LogP) is 4.24. The maximum atomic E-state index is 6.96. The Morgan fingerprint density at radius 2 is 1.50 bits per heavy atom. The third-order valence-electron chi connectivity index (χ3n) is 5.00. The van der Waals surface area contributed by atoms with Crippen molar-refractivity contribution in [3.8, 4) is 0 Å². The van der Waals surface area contributed by atoms with Crippen molar-refractivity contribution in [3.63, 3.8) is 0 Å². The summed E-state index contributed by atoms with van der Waals surface area (Å²) in [5.41, 5.74) is 0. The highest BCUT2D eigenvalue weighted by Crippen LogP contribution is 2.62. The van der Waals surface area contributed by atoms with Crippen LogP contribution in [-0.2, 0) is 0 Å². The number of alkyl halides is 2. The molecule has 4 saturated carbocycles. The van der Waals surface area contributed by atoms with Gasteiger partial charge in [-0.15, -0.1) is 11.6 Å². The van der Waals surface area contributed by atoms with Gasteiger partial charge in [-0.05, 0) is 55.8 Å². The van der Waals surface area contributed by atoms with Crippen LogP contribution >= 0.6 is 34.2 Å². The fourth-order valence-corrected chi connectivity index (χ4v) is 5.93. The molecule has 0 amide bonds. The minimum Gasteiger partial charge on any atom is -0.118 e. The van der Waals surface area contributed by atoms with Gasteiger partial charge < -0.3 is 0 Å². The van der Waals surface area contributed by atoms with Crippen LogP contribution in [0.15, 0.2) is 0 Å². The Labute approximate surface area is 105 Å². The van der Waals surface area contributed by atoms with E-state index in [4.69, 9.17) is 11.6 Å². The first-order valence-corrected chi connectivity index (χ1v) is 7.56. The topological polar surface area (TPSA) is 0 Å². The number of halogens is 2. The zero-order chi connectivity index (χ0) is 9.92. The standard InChI is InChI=1S/C12H18ClI/c1-7(14)12(13)10-3-8-2-9(5-10)6-11(12)4-8/h7-11H,2-6H2,1H3. The molecule has 14 heavy (non-hydrogen) atoms. The second-order valence-corrected chi connectivity index (χ2v) is 8.27. The minimum absolute atomic E-state index is 0.161. The normalized spacial score (nSPS) is 57.6. The SMILES string of the molecule is CC(I)C1(Cl)C2CC3CC(C2)CC1C3. The van der Waals surface area contributed by atoms with E-state index in [0.29, 0.717) is 3.92 Å². The van der Waals surface area contributed by atoms with Gasteiger partial charge in [0.05, 0.1) is 4.87 Å². The van der Waals surface area contributed by atoms with Crippen molar-refractivity contribution in [2.24, 2.45) is 23.7 Å².